The van der Waals surface area contributed by atoms with Crippen LogP contribution in [-0.4, -0.2) is 17.6 Å². The quantitative estimate of drug-likeness (QED) is 0.915. The summed E-state index contributed by atoms with van der Waals surface area (Å²) in [5.74, 6) is 1.91. The van der Waals surface area contributed by atoms with Crippen molar-refractivity contribution < 1.29 is 4.42 Å². The zero-order valence-electron chi connectivity index (χ0n) is 12.9. The Hall–Kier alpha value is -1.33. The topological polar surface area (TPSA) is 41.3 Å². The number of nitrogens with zero attached hydrogens (tertiary/aromatic N) is 2. The summed E-state index contributed by atoms with van der Waals surface area (Å²) in [6.07, 6.45) is 1.95. The molecule has 110 valence electrons. The van der Waals surface area contributed by atoms with Gasteiger partial charge < -0.3 is 14.6 Å². The lowest BCUT2D eigenvalue weighted by Gasteiger charge is -2.19. The molecular weight excluding hydrogens is 270 g/mol. The molecule has 0 bridgehead atoms. The number of anilines is 1. The van der Waals surface area contributed by atoms with Crippen LogP contribution in [0.4, 0.5) is 5.13 Å². The highest BCUT2D eigenvalue weighted by atomic mass is 32.1. The molecule has 4 nitrogen and oxygen atoms in total. The Morgan fingerprint density at radius 2 is 2.10 bits per heavy atom. The third kappa shape index (κ3) is 4.35. The first-order valence-corrected chi connectivity index (χ1v) is 7.61. The Morgan fingerprint density at radius 3 is 2.70 bits per heavy atom. The molecule has 0 aliphatic heterocycles. The van der Waals surface area contributed by atoms with E-state index >= 15 is 0 Å². The van der Waals surface area contributed by atoms with Gasteiger partial charge in [0, 0.05) is 30.2 Å². The van der Waals surface area contributed by atoms with E-state index in [1.54, 1.807) is 11.3 Å². The minimum absolute atomic E-state index is 0.127. The molecule has 0 unspecified atom stereocenters. The Kier molecular flexibility index (Phi) is 4.50. The van der Waals surface area contributed by atoms with Crippen molar-refractivity contribution in [2.75, 3.05) is 11.9 Å². The number of rotatable bonds is 5. The van der Waals surface area contributed by atoms with Gasteiger partial charge in [0.1, 0.15) is 11.5 Å². The average Bonchev–Trinajstić information content (AvgIpc) is 2.95. The smallest absolute Gasteiger partial charge is 0.185 e. The van der Waals surface area contributed by atoms with E-state index < -0.39 is 0 Å². The second-order valence-electron chi connectivity index (χ2n) is 6.08. The number of hydrogen-bond acceptors (Lipinski definition) is 5. The summed E-state index contributed by atoms with van der Waals surface area (Å²) in [6, 6.07) is 4.01. The Morgan fingerprint density at radius 1 is 1.35 bits per heavy atom. The van der Waals surface area contributed by atoms with Crippen molar-refractivity contribution in [1.29, 1.82) is 0 Å². The fourth-order valence-electron chi connectivity index (χ4n) is 1.78. The van der Waals surface area contributed by atoms with Crippen LogP contribution in [0.1, 0.15) is 37.2 Å². The highest BCUT2D eigenvalue weighted by Gasteiger charge is 2.12. The molecule has 0 aromatic carbocycles. The first-order chi connectivity index (χ1) is 9.33. The first-order valence-electron chi connectivity index (χ1n) is 6.80. The van der Waals surface area contributed by atoms with Crippen molar-refractivity contribution in [1.82, 2.24) is 10.3 Å². The lowest BCUT2D eigenvalue weighted by molar-refractivity contribution is 0.426. The van der Waals surface area contributed by atoms with E-state index in [9.17, 15) is 0 Å². The number of aromatic nitrogens is 1. The standard InChI is InChI=1S/C15H23N3OS/c1-11-6-7-12(19-11)10-18(5)14-16-8-13(20-14)9-17-15(2,3)4/h6-8,17H,9-10H2,1-5H3. The van der Waals surface area contributed by atoms with Gasteiger partial charge in [-0.05, 0) is 39.8 Å². The summed E-state index contributed by atoms with van der Waals surface area (Å²) < 4.78 is 5.60. The molecule has 0 aliphatic rings. The van der Waals surface area contributed by atoms with Crippen molar-refractivity contribution in [3.63, 3.8) is 0 Å². The maximum Gasteiger partial charge on any atom is 0.185 e. The summed E-state index contributed by atoms with van der Waals surface area (Å²) >= 11 is 1.72. The van der Waals surface area contributed by atoms with Gasteiger partial charge in [-0.2, -0.15) is 0 Å². The maximum absolute atomic E-state index is 5.60. The van der Waals surface area contributed by atoms with Crippen molar-refractivity contribution in [2.24, 2.45) is 0 Å². The van der Waals surface area contributed by atoms with Crippen molar-refractivity contribution in [2.45, 2.75) is 46.3 Å². The number of furan rings is 1. The monoisotopic (exact) mass is 293 g/mol. The molecule has 0 aliphatic carbocycles. The molecule has 2 rings (SSSR count). The van der Waals surface area contributed by atoms with Crippen LogP contribution in [-0.2, 0) is 13.1 Å². The molecule has 0 spiro atoms. The molecule has 2 heterocycles. The van der Waals surface area contributed by atoms with Gasteiger partial charge in [-0.1, -0.05) is 0 Å². The van der Waals surface area contributed by atoms with Crippen molar-refractivity contribution >= 4 is 16.5 Å². The summed E-state index contributed by atoms with van der Waals surface area (Å²) in [5.41, 5.74) is 0.127. The van der Waals surface area contributed by atoms with Crippen molar-refractivity contribution in [3.05, 3.63) is 34.7 Å². The molecule has 20 heavy (non-hydrogen) atoms. The summed E-state index contributed by atoms with van der Waals surface area (Å²) in [7, 11) is 2.04. The van der Waals surface area contributed by atoms with E-state index in [4.69, 9.17) is 4.42 Å². The van der Waals surface area contributed by atoms with Crippen LogP contribution in [0.5, 0.6) is 0 Å². The molecule has 1 N–H and O–H groups in total. The first kappa shape index (κ1) is 15.1. The van der Waals surface area contributed by atoms with Crippen LogP contribution in [0.2, 0.25) is 0 Å². The molecule has 0 atom stereocenters. The largest absolute Gasteiger partial charge is 0.464 e. The average molecular weight is 293 g/mol. The van der Waals surface area contributed by atoms with Crippen LogP contribution in [0.25, 0.3) is 0 Å². The predicted octanol–water partition coefficient (Wildman–Crippen LogP) is 3.57. The fraction of sp³-hybridized carbons (Fsp3) is 0.533. The zero-order chi connectivity index (χ0) is 14.8. The molecule has 0 fully saturated rings. The second kappa shape index (κ2) is 5.97. The van der Waals surface area contributed by atoms with Gasteiger partial charge in [0.15, 0.2) is 5.13 Å². The number of hydrogen-bond donors (Lipinski definition) is 1. The van der Waals surface area contributed by atoms with E-state index in [0.29, 0.717) is 0 Å². The summed E-state index contributed by atoms with van der Waals surface area (Å²) in [4.78, 5) is 7.84. The second-order valence-corrected chi connectivity index (χ2v) is 7.17. The summed E-state index contributed by atoms with van der Waals surface area (Å²) in [6.45, 7) is 10.1. The molecule has 0 radical (unpaired) electrons. The summed E-state index contributed by atoms with van der Waals surface area (Å²) in [5, 5.41) is 4.50. The van der Waals surface area contributed by atoms with Crippen LogP contribution >= 0.6 is 11.3 Å². The lowest BCUT2D eigenvalue weighted by Crippen LogP contribution is -2.34. The minimum atomic E-state index is 0.127. The van der Waals surface area contributed by atoms with Gasteiger partial charge in [-0.3, -0.25) is 0 Å². The molecule has 2 aromatic heterocycles. The van der Waals surface area contributed by atoms with E-state index in [0.717, 1.165) is 29.7 Å². The minimum Gasteiger partial charge on any atom is -0.464 e. The molecular formula is C15H23N3OS. The normalized spacial score (nSPS) is 11.8. The van der Waals surface area contributed by atoms with Gasteiger partial charge in [0.05, 0.1) is 6.54 Å². The van der Waals surface area contributed by atoms with Gasteiger partial charge in [-0.15, -0.1) is 11.3 Å². The zero-order valence-corrected chi connectivity index (χ0v) is 13.7. The highest BCUT2D eigenvalue weighted by Crippen LogP contribution is 2.23. The van der Waals surface area contributed by atoms with Gasteiger partial charge in [-0.25, -0.2) is 4.98 Å². The highest BCUT2D eigenvalue weighted by molar-refractivity contribution is 7.15. The molecule has 0 amide bonds. The van der Waals surface area contributed by atoms with E-state index in [1.165, 1.54) is 4.88 Å². The molecule has 2 aromatic rings. The van der Waals surface area contributed by atoms with Crippen LogP contribution in [0, 0.1) is 6.92 Å². The SMILES string of the molecule is Cc1ccc(CN(C)c2ncc(CNC(C)(C)C)s2)o1. The fourth-order valence-corrected chi connectivity index (χ4v) is 2.59. The van der Waals surface area contributed by atoms with Crippen LogP contribution in [0.3, 0.4) is 0 Å². The van der Waals surface area contributed by atoms with E-state index in [-0.39, 0.29) is 5.54 Å². The lowest BCUT2D eigenvalue weighted by atomic mass is 10.1. The predicted molar refractivity (Wildman–Crippen MR) is 84.3 cm³/mol. The Balaban J connectivity index is 1.94. The van der Waals surface area contributed by atoms with Gasteiger partial charge >= 0.3 is 0 Å². The third-order valence-corrected chi connectivity index (χ3v) is 3.96. The van der Waals surface area contributed by atoms with E-state index in [1.807, 2.05) is 32.3 Å². The van der Waals surface area contributed by atoms with Crippen LogP contribution in [0.15, 0.2) is 22.7 Å². The molecule has 0 saturated carbocycles. The Bertz CT molecular complexity index is 553. The molecule has 0 saturated heterocycles. The van der Waals surface area contributed by atoms with E-state index in [2.05, 4.69) is 36.0 Å². The van der Waals surface area contributed by atoms with Crippen LogP contribution < -0.4 is 10.2 Å². The van der Waals surface area contributed by atoms with Gasteiger partial charge in [0.25, 0.3) is 0 Å². The number of thiazole rings is 1. The third-order valence-electron chi connectivity index (χ3n) is 2.85. The maximum atomic E-state index is 5.60. The van der Waals surface area contributed by atoms with Gasteiger partial charge in [0.2, 0.25) is 0 Å². The molecule has 5 heteroatoms. The number of nitrogens with one attached hydrogen (secondary N) is 1. The Labute approximate surface area is 124 Å². The number of aryl methyl sites for hydroxylation is 1. The van der Waals surface area contributed by atoms with Crippen molar-refractivity contribution in [3.8, 4) is 0 Å².